The van der Waals surface area contributed by atoms with E-state index in [0.717, 1.165) is 5.56 Å². The lowest BCUT2D eigenvalue weighted by molar-refractivity contribution is 0.0833. The second-order valence-corrected chi connectivity index (χ2v) is 4.17. The molecule has 2 rings (SSSR count). The lowest BCUT2D eigenvalue weighted by atomic mass is 9.59. The molecule has 7 heteroatoms. The first kappa shape index (κ1) is 12.5. The molecule has 0 bridgehead atoms. The Balaban J connectivity index is 2.20. The van der Waals surface area contributed by atoms with Crippen molar-refractivity contribution < 1.29 is 9.47 Å². The molecule has 0 atom stereocenters. The van der Waals surface area contributed by atoms with Crippen molar-refractivity contribution in [3.63, 3.8) is 0 Å². The maximum atomic E-state index is 5.79. The van der Waals surface area contributed by atoms with Crippen LogP contribution in [0.25, 0.3) is 0 Å². The zero-order valence-corrected chi connectivity index (χ0v) is 9.57. The molecule has 78 valence electrons. The highest BCUT2D eigenvalue weighted by atomic mass is 16.7. The van der Waals surface area contributed by atoms with Crippen molar-refractivity contribution in [2.75, 3.05) is 7.05 Å². The Morgan fingerprint density at radius 3 is 2.53 bits per heavy atom. The fourth-order valence-corrected chi connectivity index (χ4v) is 1.62. The van der Waals surface area contributed by atoms with E-state index < -0.39 is 10.9 Å². The highest BCUT2D eigenvalue weighted by molar-refractivity contribution is 6.40. The topological polar surface area (TPSA) is 30.5 Å². The van der Waals surface area contributed by atoms with Gasteiger partial charge in [-0.15, -0.1) is 0 Å². The lowest BCUT2D eigenvalue weighted by Gasteiger charge is -2.25. The van der Waals surface area contributed by atoms with Gasteiger partial charge >= 0.3 is 0 Å². The van der Waals surface area contributed by atoms with Gasteiger partial charge in [-0.25, -0.2) is 0 Å². The quantitative estimate of drug-likeness (QED) is 0.671. The maximum Gasteiger partial charge on any atom is 0.175 e. The van der Waals surface area contributed by atoms with Gasteiger partial charge in [0.05, 0.1) is 15.7 Å². The summed E-state index contributed by atoms with van der Waals surface area (Å²) in [4.78, 5) is 0. The van der Waals surface area contributed by atoms with Gasteiger partial charge in [-0.1, -0.05) is 11.4 Å². The molecule has 0 fully saturated rings. The van der Waals surface area contributed by atoms with Crippen LogP contribution in [0.5, 0.6) is 11.5 Å². The van der Waals surface area contributed by atoms with Gasteiger partial charge in [0, 0.05) is 0 Å². The van der Waals surface area contributed by atoms with Crippen LogP contribution < -0.4 is 14.8 Å². The summed E-state index contributed by atoms with van der Waals surface area (Å²) in [6, 6.07) is 5.30. The van der Waals surface area contributed by atoms with Crippen LogP contribution in [0.4, 0.5) is 0 Å². The summed E-state index contributed by atoms with van der Waals surface area (Å²) in [5, 5.41) is 1.83. The number of ether oxygens (including phenoxy) is 2. The van der Waals surface area contributed by atoms with Gasteiger partial charge in [-0.3, -0.25) is 0 Å². The Morgan fingerprint density at radius 2 is 1.88 bits per heavy atom. The van der Waals surface area contributed by atoms with Crippen molar-refractivity contribution in [1.82, 2.24) is 5.32 Å². The number of benzene rings is 1. The van der Waals surface area contributed by atoms with Crippen molar-refractivity contribution in [2.45, 2.75) is 17.3 Å². The monoisotopic (exact) mass is 219 g/mol. The number of rotatable bonds is 3. The van der Waals surface area contributed by atoms with E-state index in [4.69, 9.17) is 40.9 Å². The minimum Gasteiger partial charge on any atom is -0.468 e. The normalized spacial score (nSPS) is 17.0. The van der Waals surface area contributed by atoms with Crippen molar-refractivity contribution >= 4 is 31.4 Å². The summed E-state index contributed by atoms with van der Waals surface area (Å²) in [6.07, 6.45) is 0.433. The second kappa shape index (κ2) is 4.05. The Morgan fingerprint density at radius 1 is 1.24 bits per heavy atom. The molecule has 0 aromatic heterocycles. The highest BCUT2D eigenvalue weighted by Gasteiger charge is 2.30. The molecular weight excluding hydrogens is 209 g/mol. The Hall–Kier alpha value is -0.960. The maximum absolute atomic E-state index is 5.79. The first-order chi connectivity index (χ1) is 7.81. The molecule has 1 aromatic rings. The molecule has 0 saturated carbocycles. The smallest absolute Gasteiger partial charge is 0.175 e. The number of hydrogen-bond donors (Lipinski definition) is 1. The predicted molar refractivity (Wildman–Crippen MR) is 68.9 cm³/mol. The Labute approximate surface area is 106 Å². The van der Waals surface area contributed by atoms with Crippen LogP contribution in [-0.2, 0) is 6.42 Å². The molecule has 0 amide bonds. The number of fused-ring (bicyclic) bond motifs is 1. The summed E-state index contributed by atoms with van der Waals surface area (Å²) >= 11 is 0. The third kappa shape index (κ3) is 2.83. The molecule has 3 nitrogen and oxygen atoms in total. The zero-order valence-electron chi connectivity index (χ0n) is 9.57. The predicted octanol–water partition coefficient (Wildman–Crippen LogP) is -0.841. The van der Waals surface area contributed by atoms with E-state index in [2.05, 4.69) is 5.32 Å². The van der Waals surface area contributed by atoms with Crippen LogP contribution in [-0.4, -0.2) is 49.4 Å². The molecule has 1 N–H and O–H groups in total. The van der Waals surface area contributed by atoms with E-state index in [-0.39, 0.29) is 0 Å². The Bertz CT molecular complexity index is 436. The van der Waals surface area contributed by atoms with E-state index in [1.165, 1.54) is 0 Å². The largest absolute Gasteiger partial charge is 0.468 e. The minimum atomic E-state index is -1.60. The van der Waals surface area contributed by atoms with Gasteiger partial charge in [0.25, 0.3) is 0 Å². The summed E-state index contributed by atoms with van der Waals surface area (Å²) in [6.45, 7) is 0. The van der Waals surface area contributed by atoms with Crippen LogP contribution in [0.3, 0.4) is 0 Å². The van der Waals surface area contributed by atoms with Gasteiger partial charge in [0.15, 0.2) is 32.8 Å². The van der Waals surface area contributed by atoms with Crippen molar-refractivity contribution in [3.8, 4) is 11.5 Å². The first-order valence-corrected chi connectivity index (χ1v) is 5.17. The molecule has 0 saturated heterocycles. The lowest BCUT2D eigenvalue weighted by Crippen LogP contribution is -2.46. The molecule has 8 radical (unpaired) electrons. The molecule has 1 aromatic carbocycles. The minimum absolute atomic E-state index is 0.433. The summed E-state index contributed by atoms with van der Waals surface area (Å²) in [5.41, 5.74) is -0.712. The van der Waals surface area contributed by atoms with Crippen molar-refractivity contribution in [2.24, 2.45) is 0 Å². The second-order valence-electron chi connectivity index (χ2n) is 4.17. The third-order valence-corrected chi connectivity index (χ3v) is 2.51. The highest BCUT2D eigenvalue weighted by Crippen LogP contribution is 2.37. The third-order valence-electron chi connectivity index (χ3n) is 2.51. The van der Waals surface area contributed by atoms with Crippen LogP contribution in [0.15, 0.2) is 18.2 Å². The molecule has 1 aliphatic heterocycles. The van der Waals surface area contributed by atoms with Gasteiger partial charge < -0.3 is 14.8 Å². The molecular formula is C10H9B4NO2. The van der Waals surface area contributed by atoms with E-state index in [0.29, 0.717) is 17.9 Å². The van der Waals surface area contributed by atoms with Crippen LogP contribution in [0.2, 0.25) is 0 Å². The molecule has 1 aliphatic rings. The van der Waals surface area contributed by atoms with Crippen molar-refractivity contribution in [3.05, 3.63) is 23.8 Å². The zero-order chi connectivity index (χ0) is 12.7. The van der Waals surface area contributed by atoms with Crippen molar-refractivity contribution in [1.29, 1.82) is 0 Å². The molecule has 0 unspecified atom stereocenters. The molecule has 0 aliphatic carbocycles. The van der Waals surface area contributed by atoms with E-state index >= 15 is 0 Å². The first-order valence-electron chi connectivity index (χ1n) is 5.17. The summed E-state index contributed by atoms with van der Waals surface area (Å²) in [7, 11) is 24.3. The van der Waals surface area contributed by atoms with Gasteiger partial charge in [-0.2, -0.15) is 0 Å². The summed E-state index contributed by atoms with van der Waals surface area (Å²) < 4.78 is 10.4. The van der Waals surface area contributed by atoms with E-state index in [9.17, 15) is 0 Å². The Kier molecular flexibility index (Phi) is 2.98. The van der Waals surface area contributed by atoms with Crippen LogP contribution in [0, 0.1) is 0 Å². The number of nitrogens with one attached hydrogen (secondary N) is 1. The number of likely N-dealkylation sites (N-methyl/N-ethyl adjacent to an activating group) is 1. The van der Waals surface area contributed by atoms with E-state index in [1.54, 1.807) is 19.2 Å². The van der Waals surface area contributed by atoms with Gasteiger partial charge in [0.2, 0.25) is 0 Å². The van der Waals surface area contributed by atoms with Crippen LogP contribution >= 0.6 is 0 Å². The SMILES string of the molecule is [B]C([B])(Cc1ccc2c(c1)OC([B])([B])O2)NC. The molecule has 1 heterocycles. The fraction of sp³-hybridized carbons (Fsp3) is 0.400. The van der Waals surface area contributed by atoms with E-state index in [1.807, 2.05) is 6.07 Å². The average molecular weight is 218 g/mol. The van der Waals surface area contributed by atoms with Gasteiger partial charge in [-0.05, 0) is 31.2 Å². The number of hydrogen-bond acceptors (Lipinski definition) is 3. The average Bonchev–Trinajstić information content (AvgIpc) is 2.50. The van der Waals surface area contributed by atoms with Gasteiger partial charge in [0.1, 0.15) is 0 Å². The van der Waals surface area contributed by atoms with Crippen LogP contribution in [0.1, 0.15) is 5.56 Å². The fourth-order valence-electron chi connectivity index (χ4n) is 1.62. The summed E-state index contributed by atoms with van der Waals surface area (Å²) in [5.74, 6) is 0.988. The standard InChI is InChI=1S/C10H9B4NO2/c1-15-9(11,12)5-6-2-3-7-8(4-6)17-10(13,14)16-7/h2-4,15H,5H2,1H3. The molecule has 17 heavy (non-hydrogen) atoms. The molecule has 0 spiro atoms.